The van der Waals surface area contributed by atoms with Crippen LogP contribution >= 0.6 is 11.8 Å². The lowest BCUT2D eigenvalue weighted by Gasteiger charge is -2.26. The second kappa shape index (κ2) is 9.12. The summed E-state index contributed by atoms with van der Waals surface area (Å²) in [5.74, 6) is -0.0124. The summed E-state index contributed by atoms with van der Waals surface area (Å²) < 4.78 is 20.6. The Labute approximate surface area is 189 Å². The van der Waals surface area contributed by atoms with E-state index in [1.165, 1.54) is 28.9 Å². The van der Waals surface area contributed by atoms with Gasteiger partial charge in [-0.3, -0.25) is 9.59 Å². The van der Waals surface area contributed by atoms with Crippen LogP contribution in [0.5, 0.6) is 0 Å². The van der Waals surface area contributed by atoms with Gasteiger partial charge in [0.2, 0.25) is 0 Å². The third kappa shape index (κ3) is 4.38. The topological polar surface area (TPSA) is 76.8 Å². The van der Waals surface area contributed by atoms with E-state index in [9.17, 15) is 14.0 Å². The van der Waals surface area contributed by atoms with Crippen LogP contribution in [0.1, 0.15) is 25.8 Å². The number of thioether (sulfide) groups is 1. The molecule has 3 aromatic rings. The highest BCUT2D eigenvalue weighted by Crippen LogP contribution is 2.29. The molecule has 166 valence electrons. The molecule has 0 aliphatic carbocycles. The van der Waals surface area contributed by atoms with Crippen LogP contribution in [0.25, 0.3) is 22.4 Å². The number of hydrazone groups is 1. The van der Waals surface area contributed by atoms with E-state index in [4.69, 9.17) is 9.72 Å². The summed E-state index contributed by atoms with van der Waals surface area (Å²) in [5.41, 5.74) is 3.92. The molecule has 4 rings (SSSR count). The Morgan fingerprint density at radius 3 is 2.78 bits per heavy atom. The maximum Gasteiger partial charge on any atom is 0.307 e. The predicted molar refractivity (Wildman–Crippen MR) is 123 cm³/mol. The van der Waals surface area contributed by atoms with Gasteiger partial charge in [0.05, 0.1) is 41.6 Å². The molecule has 32 heavy (non-hydrogen) atoms. The van der Waals surface area contributed by atoms with Crippen LogP contribution in [0.3, 0.4) is 0 Å². The predicted octanol–water partition coefficient (Wildman–Crippen LogP) is 4.59. The van der Waals surface area contributed by atoms with Gasteiger partial charge in [-0.2, -0.15) is 5.10 Å². The molecule has 0 saturated heterocycles. The maximum absolute atomic E-state index is 13.7. The molecule has 2 aromatic carbocycles. The van der Waals surface area contributed by atoms with Crippen molar-refractivity contribution in [2.45, 2.75) is 25.5 Å². The normalized spacial score (nSPS) is 16.4. The molecule has 1 aliphatic rings. The summed E-state index contributed by atoms with van der Waals surface area (Å²) in [4.78, 5) is 28.8. The van der Waals surface area contributed by atoms with Crippen molar-refractivity contribution in [3.8, 4) is 11.4 Å². The molecule has 1 aromatic heterocycles. The van der Waals surface area contributed by atoms with Gasteiger partial charge in [0.25, 0.3) is 0 Å². The van der Waals surface area contributed by atoms with Crippen LogP contribution in [0, 0.1) is 5.82 Å². The van der Waals surface area contributed by atoms with Crippen LogP contribution in [0.15, 0.2) is 47.6 Å². The smallest absolute Gasteiger partial charge is 0.307 e. The van der Waals surface area contributed by atoms with Crippen molar-refractivity contribution in [2.75, 3.05) is 13.2 Å². The lowest BCUT2D eigenvalue weighted by atomic mass is 10.1. The largest absolute Gasteiger partial charge is 0.466 e. The summed E-state index contributed by atoms with van der Waals surface area (Å²) >= 11 is 1.17. The number of imidazole rings is 1. The molecule has 1 amide bonds. The average molecular weight is 455 g/mol. The maximum atomic E-state index is 13.7. The van der Waals surface area contributed by atoms with E-state index < -0.39 is 0 Å². The quantitative estimate of drug-likeness (QED) is 0.509. The Bertz CT molecular complexity index is 1220. The minimum Gasteiger partial charge on any atom is -0.466 e. The van der Waals surface area contributed by atoms with Gasteiger partial charge in [0.15, 0.2) is 0 Å². The first-order valence-corrected chi connectivity index (χ1v) is 11.2. The van der Waals surface area contributed by atoms with Crippen molar-refractivity contribution in [3.05, 3.63) is 53.8 Å². The second-order valence-electron chi connectivity index (χ2n) is 7.40. The second-order valence-corrected chi connectivity index (χ2v) is 8.69. The molecule has 0 fully saturated rings. The fourth-order valence-corrected chi connectivity index (χ4v) is 4.48. The van der Waals surface area contributed by atoms with E-state index in [0.29, 0.717) is 18.0 Å². The Morgan fingerprint density at radius 2 is 2.03 bits per heavy atom. The number of aryl methyl sites for hydroxylation is 1. The highest BCUT2D eigenvalue weighted by atomic mass is 32.2. The van der Waals surface area contributed by atoms with E-state index in [0.717, 1.165) is 22.3 Å². The van der Waals surface area contributed by atoms with E-state index in [1.54, 1.807) is 13.0 Å². The SMILES string of the molecule is CCOC(=O)CCN1N=C(c2ccc3c(c2)nc(-c2cccc(F)c2)n3C)C(C)SC1=O. The summed E-state index contributed by atoms with van der Waals surface area (Å²) in [5, 5.41) is 5.51. The number of halogens is 1. The van der Waals surface area contributed by atoms with Gasteiger partial charge in [-0.1, -0.05) is 30.0 Å². The van der Waals surface area contributed by atoms with Crippen LogP contribution in [0.2, 0.25) is 0 Å². The summed E-state index contributed by atoms with van der Waals surface area (Å²) in [6.45, 7) is 4.13. The van der Waals surface area contributed by atoms with Gasteiger partial charge in [-0.25, -0.2) is 14.4 Å². The number of fused-ring (bicyclic) bond motifs is 1. The zero-order valence-electron chi connectivity index (χ0n) is 18.0. The van der Waals surface area contributed by atoms with Crippen LogP contribution in [-0.2, 0) is 16.6 Å². The fourth-order valence-electron chi connectivity index (χ4n) is 3.63. The van der Waals surface area contributed by atoms with Crippen molar-refractivity contribution >= 4 is 39.7 Å². The van der Waals surface area contributed by atoms with Gasteiger partial charge >= 0.3 is 11.2 Å². The van der Waals surface area contributed by atoms with Crippen molar-refractivity contribution in [2.24, 2.45) is 12.1 Å². The number of rotatable bonds is 6. The van der Waals surface area contributed by atoms with Crippen LogP contribution < -0.4 is 0 Å². The van der Waals surface area contributed by atoms with Crippen molar-refractivity contribution in [1.82, 2.24) is 14.6 Å². The molecule has 0 bridgehead atoms. The molecule has 9 heteroatoms. The molecular weight excluding hydrogens is 431 g/mol. The third-order valence-electron chi connectivity index (χ3n) is 5.19. The van der Waals surface area contributed by atoms with Gasteiger partial charge in [0, 0.05) is 18.2 Å². The third-order valence-corrected chi connectivity index (χ3v) is 6.18. The Hall–Kier alpha value is -3.20. The number of hydrogen-bond donors (Lipinski definition) is 0. The van der Waals surface area contributed by atoms with Gasteiger partial charge < -0.3 is 9.30 Å². The number of amides is 1. The average Bonchev–Trinajstić information content (AvgIpc) is 3.09. The summed E-state index contributed by atoms with van der Waals surface area (Å²) in [7, 11) is 1.89. The number of hydrogen-bond acceptors (Lipinski definition) is 6. The molecule has 2 heterocycles. The van der Waals surface area contributed by atoms with Crippen molar-refractivity contribution < 1.29 is 18.7 Å². The monoisotopic (exact) mass is 454 g/mol. The first kappa shape index (κ1) is 22.0. The molecule has 1 atom stereocenters. The minimum absolute atomic E-state index is 0.0849. The molecule has 1 aliphatic heterocycles. The van der Waals surface area contributed by atoms with Gasteiger partial charge in [-0.15, -0.1) is 0 Å². The zero-order chi connectivity index (χ0) is 22.8. The van der Waals surface area contributed by atoms with Gasteiger partial charge in [0.1, 0.15) is 11.6 Å². The highest BCUT2D eigenvalue weighted by Gasteiger charge is 2.29. The van der Waals surface area contributed by atoms with E-state index in [2.05, 4.69) is 5.10 Å². The lowest BCUT2D eigenvalue weighted by molar-refractivity contribution is -0.143. The first-order chi connectivity index (χ1) is 15.4. The number of carbonyl (C=O) groups is 2. The summed E-state index contributed by atoms with van der Waals surface area (Å²) in [6, 6.07) is 12.1. The van der Waals surface area contributed by atoms with E-state index in [-0.39, 0.29) is 35.2 Å². The zero-order valence-corrected chi connectivity index (χ0v) is 18.9. The number of aromatic nitrogens is 2. The standard InChI is InChI=1S/C23H23FN4O3S/c1-4-31-20(29)10-11-28-23(30)32-14(2)21(26-28)15-8-9-19-18(13-15)25-22(27(19)3)16-6-5-7-17(24)12-16/h5-9,12-14H,4,10-11H2,1-3H3. The molecule has 0 radical (unpaired) electrons. The van der Waals surface area contributed by atoms with Crippen molar-refractivity contribution in [1.29, 1.82) is 0 Å². The molecule has 0 saturated carbocycles. The van der Waals surface area contributed by atoms with E-state index >= 15 is 0 Å². The highest BCUT2D eigenvalue weighted by molar-refractivity contribution is 8.14. The number of carbonyl (C=O) groups excluding carboxylic acids is 2. The Kier molecular flexibility index (Phi) is 6.27. The van der Waals surface area contributed by atoms with Crippen LogP contribution in [0.4, 0.5) is 9.18 Å². The van der Waals surface area contributed by atoms with E-state index in [1.807, 2.05) is 42.8 Å². The molecule has 0 N–H and O–H groups in total. The molecule has 1 unspecified atom stereocenters. The van der Waals surface area contributed by atoms with Gasteiger partial charge in [-0.05, 0) is 38.1 Å². The number of benzene rings is 2. The molecule has 0 spiro atoms. The lowest BCUT2D eigenvalue weighted by Crippen LogP contribution is -2.35. The molecular formula is C23H23FN4O3S. The Morgan fingerprint density at radius 1 is 1.22 bits per heavy atom. The first-order valence-electron chi connectivity index (χ1n) is 10.3. The fraction of sp³-hybridized carbons (Fsp3) is 0.304. The van der Waals surface area contributed by atoms with Crippen molar-refractivity contribution in [3.63, 3.8) is 0 Å². The summed E-state index contributed by atoms with van der Waals surface area (Å²) in [6.07, 6.45) is 0.0849. The number of nitrogens with zero attached hydrogens (tertiary/aromatic N) is 4. The minimum atomic E-state index is -0.361. The van der Waals surface area contributed by atoms with Crippen LogP contribution in [-0.4, -0.2) is 49.9 Å². The number of esters is 1. The number of ether oxygens (including phenoxy) is 1. The molecule has 7 nitrogen and oxygen atoms in total. The Balaban J connectivity index is 1.66.